The number of ether oxygens (including phenoxy) is 1. The van der Waals surface area contributed by atoms with E-state index in [1.807, 2.05) is 12.3 Å². The molecule has 1 N–H and O–H groups in total. The third kappa shape index (κ3) is 3.37. The van der Waals surface area contributed by atoms with E-state index in [9.17, 15) is 9.90 Å². The second kappa shape index (κ2) is 6.76. The molecule has 1 aliphatic rings. The first kappa shape index (κ1) is 14.8. The Labute approximate surface area is 128 Å². The average Bonchev–Trinajstić information content (AvgIpc) is 3.14. The first-order valence-electron chi connectivity index (χ1n) is 7.30. The zero-order valence-corrected chi connectivity index (χ0v) is 12.2. The third-order valence-electron chi connectivity index (χ3n) is 3.63. The van der Waals surface area contributed by atoms with Crippen molar-refractivity contribution in [1.29, 1.82) is 0 Å². The van der Waals surface area contributed by atoms with Gasteiger partial charge in [0.2, 0.25) is 0 Å². The van der Waals surface area contributed by atoms with Gasteiger partial charge in [-0.05, 0) is 18.2 Å². The van der Waals surface area contributed by atoms with Gasteiger partial charge in [-0.1, -0.05) is 0 Å². The van der Waals surface area contributed by atoms with Crippen molar-refractivity contribution < 1.29 is 19.1 Å². The van der Waals surface area contributed by atoms with E-state index < -0.39 is 0 Å². The highest BCUT2D eigenvalue weighted by atomic mass is 16.5. The molecule has 1 unspecified atom stereocenters. The highest BCUT2D eigenvalue weighted by molar-refractivity contribution is 5.91. The fourth-order valence-corrected chi connectivity index (χ4v) is 2.46. The van der Waals surface area contributed by atoms with E-state index in [1.54, 1.807) is 27.9 Å². The number of hydrogen-bond donors (Lipinski definition) is 1. The van der Waals surface area contributed by atoms with Crippen LogP contribution in [0.1, 0.15) is 16.3 Å². The molecule has 0 spiro atoms. The van der Waals surface area contributed by atoms with Gasteiger partial charge in [-0.2, -0.15) is 5.10 Å². The van der Waals surface area contributed by atoms with Gasteiger partial charge >= 0.3 is 0 Å². The topological polar surface area (TPSA) is 80.7 Å². The van der Waals surface area contributed by atoms with Crippen molar-refractivity contribution in [3.05, 3.63) is 42.1 Å². The van der Waals surface area contributed by atoms with E-state index in [2.05, 4.69) is 5.10 Å². The molecule has 1 atom stereocenters. The van der Waals surface area contributed by atoms with Gasteiger partial charge in [-0.15, -0.1) is 0 Å². The number of carbonyl (C=O) groups excluding carboxylic acids is 1. The normalized spacial score (nSPS) is 19.1. The number of carbonyl (C=O) groups is 1. The summed E-state index contributed by atoms with van der Waals surface area (Å²) in [5.41, 5.74) is 0. The number of aliphatic hydroxyl groups is 1. The van der Waals surface area contributed by atoms with Crippen molar-refractivity contribution in [1.82, 2.24) is 14.7 Å². The number of hydrogen-bond acceptors (Lipinski definition) is 5. The lowest BCUT2D eigenvalue weighted by molar-refractivity contribution is 0.0694. The van der Waals surface area contributed by atoms with Gasteiger partial charge < -0.3 is 19.2 Å². The average molecular weight is 305 g/mol. The van der Waals surface area contributed by atoms with Crippen LogP contribution in [0.15, 0.2) is 35.0 Å². The molecule has 3 heterocycles. The van der Waals surface area contributed by atoms with Crippen LogP contribution in [0.3, 0.4) is 0 Å². The van der Waals surface area contributed by atoms with Crippen molar-refractivity contribution in [3.8, 4) is 0 Å². The molecule has 2 aromatic rings. The molecule has 118 valence electrons. The van der Waals surface area contributed by atoms with Gasteiger partial charge in [0.05, 0.1) is 19.8 Å². The Morgan fingerprint density at radius 1 is 1.45 bits per heavy atom. The summed E-state index contributed by atoms with van der Waals surface area (Å²) < 4.78 is 12.8. The quantitative estimate of drug-likeness (QED) is 0.895. The zero-order chi connectivity index (χ0) is 15.4. The second-order valence-electron chi connectivity index (χ2n) is 5.34. The van der Waals surface area contributed by atoms with Crippen LogP contribution in [0.25, 0.3) is 0 Å². The first-order valence-corrected chi connectivity index (χ1v) is 7.30. The molecule has 0 saturated carbocycles. The largest absolute Gasteiger partial charge is 0.454 e. The zero-order valence-electron chi connectivity index (χ0n) is 12.2. The van der Waals surface area contributed by atoms with Crippen LogP contribution in [-0.2, 0) is 11.3 Å². The van der Waals surface area contributed by atoms with Gasteiger partial charge in [0.15, 0.2) is 5.76 Å². The SMILES string of the molecule is O=C(c1ccc(Cn2cccn2)o1)N1CCOCC(CO)C1. The maximum Gasteiger partial charge on any atom is 0.289 e. The Bertz CT molecular complexity index is 608. The smallest absolute Gasteiger partial charge is 0.289 e. The number of nitrogens with zero attached hydrogens (tertiary/aromatic N) is 3. The van der Waals surface area contributed by atoms with Crippen molar-refractivity contribution in [2.75, 3.05) is 32.9 Å². The Balaban J connectivity index is 1.67. The van der Waals surface area contributed by atoms with Gasteiger partial charge in [-0.25, -0.2) is 0 Å². The standard InChI is InChI=1S/C15H19N3O4/c19-10-12-8-17(6-7-21-11-12)15(20)14-3-2-13(22-14)9-18-5-1-4-16-18/h1-5,12,19H,6-11H2. The van der Waals surface area contributed by atoms with Gasteiger partial charge in [0.1, 0.15) is 5.76 Å². The highest BCUT2D eigenvalue weighted by Crippen LogP contribution is 2.15. The van der Waals surface area contributed by atoms with Gasteiger partial charge in [0.25, 0.3) is 5.91 Å². The van der Waals surface area contributed by atoms with Crippen LogP contribution < -0.4 is 0 Å². The summed E-state index contributed by atoms with van der Waals surface area (Å²) in [6, 6.07) is 5.30. The van der Waals surface area contributed by atoms with E-state index in [0.29, 0.717) is 44.4 Å². The number of rotatable bonds is 4. The maximum absolute atomic E-state index is 12.5. The lowest BCUT2D eigenvalue weighted by atomic mass is 10.1. The van der Waals surface area contributed by atoms with Crippen LogP contribution in [0.2, 0.25) is 0 Å². The Morgan fingerprint density at radius 3 is 3.14 bits per heavy atom. The summed E-state index contributed by atoms with van der Waals surface area (Å²) in [4.78, 5) is 14.2. The molecule has 1 fully saturated rings. The molecule has 7 heteroatoms. The molecule has 1 saturated heterocycles. The van der Waals surface area contributed by atoms with Crippen LogP contribution in [0.4, 0.5) is 0 Å². The van der Waals surface area contributed by atoms with Crippen molar-refractivity contribution in [2.45, 2.75) is 6.54 Å². The van der Waals surface area contributed by atoms with E-state index in [0.717, 1.165) is 0 Å². The molecule has 0 aromatic carbocycles. The minimum Gasteiger partial charge on any atom is -0.454 e. The van der Waals surface area contributed by atoms with Crippen molar-refractivity contribution in [3.63, 3.8) is 0 Å². The maximum atomic E-state index is 12.5. The number of aromatic nitrogens is 2. The molecule has 0 aliphatic carbocycles. The predicted molar refractivity (Wildman–Crippen MR) is 77.3 cm³/mol. The van der Waals surface area contributed by atoms with Crippen LogP contribution in [0, 0.1) is 5.92 Å². The summed E-state index contributed by atoms with van der Waals surface area (Å²) in [6.07, 6.45) is 3.53. The number of aliphatic hydroxyl groups excluding tert-OH is 1. The summed E-state index contributed by atoms with van der Waals surface area (Å²) in [6.45, 7) is 2.43. The molecule has 0 radical (unpaired) electrons. The van der Waals surface area contributed by atoms with Crippen molar-refractivity contribution >= 4 is 5.91 Å². The molecule has 2 aromatic heterocycles. The monoisotopic (exact) mass is 305 g/mol. The van der Waals surface area contributed by atoms with Crippen molar-refractivity contribution in [2.24, 2.45) is 5.92 Å². The Hall–Kier alpha value is -2.12. The van der Waals surface area contributed by atoms with Gasteiger partial charge in [0, 0.05) is 38.0 Å². The van der Waals surface area contributed by atoms with Crippen LogP contribution in [0.5, 0.6) is 0 Å². The minimum absolute atomic E-state index is 0.00643. The molecule has 22 heavy (non-hydrogen) atoms. The third-order valence-corrected chi connectivity index (χ3v) is 3.63. The van der Waals surface area contributed by atoms with Crippen LogP contribution >= 0.6 is 0 Å². The van der Waals surface area contributed by atoms with E-state index in [1.165, 1.54) is 0 Å². The second-order valence-corrected chi connectivity index (χ2v) is 5.34. The summed E-state index contributed by atoms with van der Waals surface area (Å²) >= 11 is 0. The fourth-order valence-electron chi connectivity index (χ4n) is 2.46. The molecule has 1 aliphatic heterocycles. The van der Waals surface area contributed by atoms with Gasteiger partial charge in [-0.3, -0.25) is 9.48 Å². The molecule has 1 amide bonds. The Kier molecular flexibility index (Phi) is 4.55. The highest BCUT2D eigenvalue weighted by Gasteiger charge is 2.25. The summed E-state index contributed by atoms with van der Waals surface area (Å²) in [5.74, 6) is 0.762. The number of amides is 1. The van der Waals surface area contributed by atoms with E-state index in [4.69, 9.17) is 9.15 Å². The summed E-state index contributed by atoms with van der Waals surface area (Å²) in [5, 5.41) is 13.4. The Morgan fingerprint density at radius 2 is 2.36 bits per heavy atom. The molecule has 0 bridgehead atoms. The lowest BCUT2D eigenvalue weighted by Crippen LogP contribution is -2.36. The minimum atomic E-state index is -0.171. The summed E-state index contributed by atoms with van der Waals surface area (Å²) in [7, 11) is 0. The molecule has 7 nitrogen and oxygen atoms in total. The molecular formula is C15H19N3O4. The van der Waals surface area contributed by atoms with Crippen LogP contribution in [-0.4, -0.2) is 58.6 Å². The molecular weight excluding hydrogens is 286 g/mol. The van der Waals surface area contributed by atoms with E-state index >= 15 is 0 Å². The fraction of sp³-hybridized carbons (Fsp3) is 0.467. The first-order chi connectivity index (χ1) is 10.8. The number of furan rings is 1. The molecule has 3 rings (SSSR count). The predicted octanol–water partition coefficient (Wildman–Crippen LogP) is 0.605. The lowest BCUT2D eigenvalue weighted by Gasteiger charge is -2.21. The van der Waals surface area contributed by atoms with E-state index in [-0.39, 0.29) is 18.4 Å².